The molecule has 0 amide bonds. The van der Waals surface area contributed by atoms with Crippen molar-refractivity contribution in [3.63, 3.8) is 0 Å². The van der Waals surface area contributed by atoms with E-state index in [9.17, 15) is 0 Å². The van der Waals surface area contributed by atoms with Crippen LogP contribution < -0.4 is 14.2 Å². The van der Waals surface area contributed by atoms with E-state index >= 15 is 0 Å². The van der Waals surface area contributed by atoms with Gasteiger partial charge in [0.2, 0.25) is 5.75 Å². The van der Waals surface area contributed by atoms with E-state index in [0.717, 1.165) is 25.9 Å². The van der Waals surface area contributed by atoms with Crippen molar-refractivity contribution in [2.45, 2.75) is 31.9 Å². The zero-order chi connectivity index (χ0) is 17.6. The highest BCUT2D eigenvalue weighted by Crippen LogP contribution is 2.38. The van der Waals surface area contributed by atoms with Gasteiger partial charge in [-0.3, -0.25) is 9.88 Å². The Kier molecular flexibility index (Phi) is 5.76. The zero-order valence-electron chi connectivity index (χ0n) is 15.1. The molecule has 5 nitrogen and oxygen atoms in total. The van der Waals surface area contributed by atoms with Crippen LogP contribution in [0.15, 0.2) is 42.7 Å². The summed E-state index contributed by atoms with van der Waals surface area (Å²) in [6, 6.07) is 10.2. The molecule has 25 heavy (non-hydrogen) atoms. The Hall–Kier alpha value is -2.27. The molecule has 0 spiro atoms. The second-order valence-electron chi connectivity index (χ2n) is 6.31. The molecule has 1 saturated heterocycles. The Morgan fingerprint density at radius 3 is 2.28 bits per heavy atom. The van der Waals surface area contributed by atoms with Crippen LogP contribution in [-0.2, 0) is 0 Å². The maximum atomic E-state index is 6.24. The second-order valence-corrected chi connectivity index (χ2v) is 6.31. The highest BCUT2D eigenvalue weighted by molar-refractivity contribution is 5.51. The molecule has 0 aliphatic carbocycles. The minimum absolute atomic E-state index is 0.169. The molecular formula is C20H26N2O3. The highest BCUT2D eigenvalue weighted by Gasteiger charge is 2.26. The van der Waals surface area contributed by atoms with E-state index in [0.29, 0.717) is 23.3 Å². The van der Waals surface area contributed by atoms with Crippen LogP contribution in [0, 0.1) is 0 Å². The molecule has 2 aromatic rings. The summed E-state index contributed by atoms with van der Waals surface area (Å²) in [5, 5.41) is 0. The number of benzene rings is 1. The van der Waals surface area contributed by atoms with Crippen molar-refractivity contribution in [2.24, 2.45) is 0 Å². The van der Waals surface area contributed by atoms with Crippen LogP contribution in [0.5, 0.6) is 17.2 Å². The average molecular weight is 342 g/mol. The van der Waals surface area contributed by atoms with E-state index in [1.807, 2.05) is 36.7 Å². The lowest BCUT2D eigenvalue weighted by molar-refractivity contribution is 0.0757. The van der Waals surface area contributed by atoms with Gasteiger partial charge >= 0.3 is 0 Å². The van der Waals surface area contributed by atoms with E-state index < -0.39 is 0 Å². The number of hydrogen-bond donors (Lipinski definition) is 0. The first-order chi connectivity index (χ1) is 12.2. The fourth-order valence-corrected chi connectivity index (χ4v) is 3.31. The molecule has 0 unspecified atom stereocenters. The zero-order valence-corrected chi connectivity index (χ0v) is 15.1. The SMILES string of the molecule is COc1cccc(OC)c1OC1CCN([C@H](C)c2cccnc2)CC1. The molecular weight excluding hydrogens is 316 g/mol. The predicted octanol–water partition coefficient (Wildman–Crippen LogP) is 3.70. The maximum absolute atomic E-state index is 6.24. The van der Waals surface area contributed by atoms with Crippen molar-refractivity contribution in [1.29, 1.82) is 0 Å². The average Bonchev–Trinajstić information content (AvgIpc) is 2.69. The lowest BCUT2D eigenvalue weighted by Gasteiger charge is -2.36. The highest BCUT2D eigenvalue weighted by atomic mass is 16.5. The Bertz CT molecular complexity index is 648. The van der Waals surface area contributed by atoms with E-state index in [2.05, 4.69) is 22.9 Å². The molecule has 0 radical (unpaired) electrons. The monoisotopic (exact) mass is 342 g/mol. The summed E-state index contributed by atoms with van der Waals surface area (Å²) in [6.45, 7) is 4.23. The van der Waals surface area contributed by atoms with Crippen LogP contribution in [0.2, 0.25) is 0 Å². The summed E-state index contributed by atoms with van der Waals surface area (Å²) in [6.07, 6.45) is 5.89. The van der Waals surface area contributed by atoms with Gasteiger partial charge in [-0.15, -0.1) is 0 Å². The lowest BCUT2D eigenvalue weighted by Crippen LogP contribution is -2.39. The number of methoxy groups -OCH3 is 2. The molecule has 5 heteroatoms. The summed E-state index contributed by atoms with van der Waals surface area (Å²) < 4.78 is 17.1. The predicted molar refractivity (Wildman–Crippen MR) is 97.4 cm³/mol. The van der Waals surface area contributed by atoms with Crippen molar-refractivity contribution < 1.29 is 14.2 Å². The van der Waals surface area contributed by atoms with E-state index in [4.69, 9.17) is 14.2 Å². The molecule has 1 fully saturated rings. The standard InChI is InChI=1S/C20H26N2O3/c1-15(16-6-5-11-21-14-16)22-12-9-17(10-13-22)25-20-18(23-2)7-4-8-19(20)24-3/h4-8,11,14-15,17H,9-10,12-13H2,1-3H3/t15-/m1/s1. The normalized spacial score (nSPS) is 17.1. The molecule has 2 heterocycles. The fraction of sp³-hybridized carbons (Fsp3) is 0.450. The number of nitrogens with zero attached hydrogens (tertiary/aromatic N) is 2. The van der Waals surface area contributed by atoms with Crippen LogP contribution in [0.4, 0.5) is 0 Å². The van der Waals surface area contributed by atoms with Crippen LogP contribution in [0.25, 0.3) is 0 Å². The van der Waals surface area contributed by atoms with Crippen molar-refractivity contribution in [1.82, 2.24) is 9.88 Å². The lowest BCUT2D eigenvalue weighted by atomic mass is 10.0. The van der Waals surface area contributed by atoms with Gasteiger partial charge in [-0.05, 0) is 43.5 Å². The third kappa shape index (κ3) is 4.04. The Labute approximate surface area is 149 Å². The molecule has 1 aromatic heterocycles. The summed E-state index contributed by atoms with van der Waals surface area (Å²) in [4.78, 5) is 6.71. The number of pyridine rings is 1. The minimum atomic E-state index is 0.169. The van der Waals surface area contributed by atoms with Crippen molar-refractivity contribution in [2.75, 3.05) is 27.3 Å². The van der Waals surface area contributed by atoms with Crippen LogP contribution in [-0.4, -0.2) is 43.3 Å². The van der Waals surface area contributed by atoms with E-state index in [1.165, 1.54) is 5.56 Å². The molecule has 1 aromatic carbocycles. The van der Waals surface area contributed by atoms with Gasteiger partial charge in [0.05, 0.1) is 14.2 Å². The second kappa shape index (κ2) is 8.21. The fourth-order valence-electron chi connectivity index (χ4n) is 3.31. The topological polar surface area (TPSA) is 43.8 Å². The number of aromatic nitrogens is 1. The summed E-state index contributed by atoms with van der Waals surface area (Å²) >= 11 is 0. The summed E-state index contributed by atoms with van der Waals surface area (Å²) in [5.41, 5.74) is 1.26. The molecule has 0 saturated carbocycles. The van der Waals surface area contributed by atoms with Crippen molar-refractivity contribution in [3.8, 4) is 17.2 Å². The minimum Gasteiger partial charge on any atom is -0.493 e. The molecule has 1 atom stereocenters. The molecule has 1 aliphatic rings. The van der Waals surface area contributed by atoms with Crippen molar-refractivity contribution >= 4 is 0 Å². The Morgan fingerprint density at radius 2 is 1.72 bits per heavy atom. The van der Waals surface area contributed by atoms with Gasteiger partial charge in [0.1, 0.15) is 6.10 Å². The molecule has 0 N–H and O–H groups in total. The first-order valence-electron chi connectivity index (χ1n) is 8.74. The first-order valence-corrected chi connectivity index (χ1v) is 8.74. The third-order valence-electron chi connectivity index (χ3n) is 4.86. The number of likely N-dealkylation sites (tertiary alicyclic amines) is 1. The van der Waals surface area contributed by atoms with Gasteiger partial charge < -0.3 is 14.2 Å². The van der Waals surface area contributed by atoms with Gasteiger partial charge in [-0.1, -0.05) is 12.1 Å². The summed E-state index contributed by atoms with van der Waals surface area (Å²) in [7, 11) is 3.31. The first kappa shape index (κ1) is 17.5. The number of hydrogen-bond acceptors (Lipinski definition) is 5. The maximum Gasteiger partial charge on any atom is 0.203 e. The van der Waals surface area contributed by atoms with Gasteiger partial charge in [-0.2, -0.15) is 0 Å². The van der Waals surface area contributed by atoms with Crippen molar-refractivity contribution in [3.05, 3.63) is 48.3 Å². The van der Waals surface area contributed by atoms with Gasteiger partial charge in [0.15, 0.2) is 11.5 Å². The quantitative estimate of drug-likeness (QED) is 0.801. The summed E-state index contributed by atoms with van der Waals surface area (Å²) in [5.74, 6) is 2.13. The van der Waals surface area contributed by atoms with Crippen LogP contribution in [0.1, 0.15) is 31.4 Å². The van der Waals surface area contributed by atoms with Gasteiger partial charge in [0.25, 0.3) is 0 Å². The van der Waals surface area contributed by atoms with Gasteiger partial charge in [0, 0.05) is 31.5 Å². The number of ether oxygens (including phenoxy) is 3. The van der Waals surface area contributed by atoms with E-state index in [1.54, 1.807) is 14.2 Å². The molecule has 3 rings (SSSR count). The Balaban J connectivity index is 1.62. The smallest absolute Gasteiger partial charge is 0.203 e. The van der Waals surface area contributed by atoms with E-state index in [-0.39, 0.29) is 6.10 Å². The Morgan fingerprint density at radius 1 is 1.04 bits per heavy atom. The third-order valence-corrected chi connectivity index (χ3v) is 4.86. The number of para-hydroxylation sites is 1. The largest absolute Gasteiger partial charge is 0.493 e. The molecule has 0 bridgehead atoms. The van der Waals surface area contributed by atoms with Gasteiger partial charge in [-0.25, -0.2) is 0 Å². The number of rotatable bonds is 6. The van der Waals surface area contributed by atoms with Crippen LogP contribution in [0.3, 0.4) is 0 Å². The number of piperidine rings is 1. The molecule has 134 valence electrons. The molecule has 1 aliphatic heterocycles. The van der Waals surface area contributed by atoms with Crippen LogP contribution >= 0.6 is 0 Å².